The second kappa shape index (κ2) is 4.82. The average Bonchev–Trinajstić information content (AvgIpc) is 2.46. The molecule has 94 valence electrons. The number of rotatable bonds is 2. The molecule has 2 aromatic carbocycles. The molecule has 2 N–H and O–H groups in total. The van der Waals surface area contributed by atoms with Crippen molar-refractivity contribution in [2.45, 2.75) is 13.0 Å². The first-order valence-electron chi connectivity index (χ1n) is 6.40. The molecular formula is C17H16N2. The van der Waals surface area contributed by atoms with Crippen LogP contribution in [0.25, 0.3) is 10.8 Å². The summed E-state index contributed by atoms with van der Waals surface area (Å²) in [5.41, 5.74) is 9.83. The summed E-state index contributed by atoms with van der Waals surface area (Å²) in [6, 6.07) is 16.4. The quantitative estimate of drug-likeness (QED) is 0.752. The van der Waals surface area contributed by atoms with Gasteiger partial charge in [-0.25, -0.2) is 0 Å². The Morgan fingerprint density at radius 2 is 1.84 bits per heavy atom. The molecular weight excluding hydrogens is 232 g/mol. The number of nitrogens with zero attached hydrogens (tertiary/aromatic N) is 1. The third kappa shape index (κ3) is 2.23. The zero-order chi connectivity index (χ0) is 13.2. The Labute approximate surface area is 112 Å². The van der Waals surface area contributed by atoms with E-state index in [-0.39, 0.29) is 6.04 Å². The average molecular weight is 248 g/mol. The maximum absolute atomic E-state index is 6.41. The fourth-order valence-corrected chi connectivity index (χ4v) is 2.43. The van der Waals surface area contributed by atoms with E-state index in [9.17, 15) is 0 Å². The Morgan fingerprint density at radius 3 is 2.68 bits per heavy atom. The van der Waals surface area contributed by atoms with Crippen LogP contribution in [0.3, 0.4) is 0 Å². The number of benzene rings is 2. The normalized spacial score (nSPS) is 12.5. The van der Waals surface area contributed by atoms with Gasteiger partial charge in [0.15, 0.2) is 0 Å². The third-order valence-electron chi connectivity index (χ3n) is 3.44. The van der Waals surface area contributed by atoms with Crippen molar-refractivity contribution in [3.8, 4) is 0 Å². The molecule has 0 aliphatic carbocycles. The molecule has 3 rings (SSSR count). The van der Waals surface area contributed by atoms with Crippen LogP contribution in [0, 0.1) is 6.92 Å². The number of hydrogen-bond donors (Lipinski definition) is 1. The van der Waals surface area contributed by atoms with E-state index in [2.05, 4.69) is 42.2 Å². The minimum absolute atomic E-state index is 0.140. The minimum Gasteiger partial charge on any atom is -0.320 e. The van der Waals surface area contributed by atoms with Gasteiger partial charge in [0.1, 0.15) is 0 Å². The molecule has 0 aliphatic rings. The van der Waals surface area contributed by atoms with Gasteiger partial charge in [0.2, 0.25) is 0 Å². The van der Waals surface area contributed by atoms with Gasteiger partial charge in [-0.15, -0.1) is 0 Å². The highest BCUT2D eigenvalue weighted by Gasteiger charge is 2.12. The van der Waals surface area contributed by atoms with Crippen LogP contribution in [-0.4, -0.2) is 4.98 Å². The van der Waals surface area contributed by atoms with E-state index in [1.807, 2.05) is 30.6 Å². The molecule has 0 saturated heterocycles. The second-order valence-corrected chi connectivity index (χ2v) is 4.84. The van der Waals surface area contributed by atoms with Crippen molar-refractivity contribution >= 4 is 10.8 Å². The van der Waals surface area contributed by atoms with Crippen LogP contribution in [0.5, 0.6) is 0 Å². The first kappa shape index (κ1) is 11.9. The van der Waals surface area contributed by atoms with E-state index in [1.54, 1.807) is 0 Å². The molecule has 0 spiro atoms. The van der Waals surface area contributed by atoms with E-state index in [0.29, 0.717) is 0 Å². The van der Waals surface area contributed by atoms with Crippen molar-refractivity contribution in [2.24, 2.45) is 5.73 Å². The van der Waals surface area contributed by atoms with E-state index in [1.165, 1.54) is 10.9 Å². The Balaban J connectivity index is 2.14. The third-order valence-corrected chi connectivity index (χ3v) is 3.44. The monoisotopic (exact) mass is 248 g/mol. The van der Waals surface area contributed by atoms with Gasteiger partial charge in [-0.05, 0) is 23.4 Å². The Kier molecular flexibility index (Phi) is 3.02. The van der Waals surface area contributed by atoms with E-state index in [0.717, 1.165) is 16.5 Å². The molecule has 1 atom stereocenters. The number of aromatic nitrogens is 1. The zero-order valence-electron chi connectivity index (χ0n) is 10.9. The predicted octanol–water partition coefficient (Wildman–Crippen LogP) is 3.59. The predicted molar refractivity (Wildman–Crippen MR) is 79.0 cm³/mol. The van der Waals surface area contributed by atoms with Crippen molar-refractivity contribution in [3.63, 3.8) is 0 Å². The molecule has 2 heteroatoms. The molecule has 1 heterocycles. The van der Waals surface area contributed by atoms with E-state index >= 15 is 0 Å². The van der Waals surface area contributed by atoms with Crippen LogP contribution in [0.15, 0.2) is 60.9 Å². The largest absolute Gasteiger partial charge is 0.320 e. The van der Waals surface area contributed by atoms with Gasteiger partial charge in [-0.2, -0.15) is 0 Å². The fraction of sp³-hybridized carbons (Fsp3) is 0.118. The van der Waals surface area contributed by atoms with Gasteiger partial charge < -0.3 is 5.73 Å². The van der Waals surface area contributed by atoms with Crippen LogP contribution in [-0.2, 0) is 0 Å². The summed E-state index contributed by atoms with van der Waals surface area (Å²) in [5, 5.41) is 2.30. The second-order valence-electron chi connectivity index (χ2n) is 4.84. The van der Waals surface area contributed by atoms with Crippen LogP contribution in [0.4, 0.5) is 0 Å². The molecule has 1 unspecified atom stereocenters. The zero-order valence-corrected chi connectivity index (χ0v) is 10.9. The first-order valence-corrected chi connectivity index (χ1v) is 6.40. The highest BCUT2D eigenvalue weighted by atomic mass is 14.7. The van der Waals surface area contributed by atoms with Gasteiger partial charge in [0, 0.05) is 17.8 Å². The van der Waals surface area contributed by atoms with Crippen molar-refractivity contribution in [3.05, 3.63) is 77.6 Å². The van der Waals surface area contributed by atoms with Crippen molar-refractivity contribution in [2.75, 3.05) is 0 Å². The lowest BCUT2D eigenvalue weighted by atomic mass is 9.95. The van der Waals surface area contributed by atoms with Crippen LogP contribution >= 0.6 is 0 Å². The number of aryl methyl sites for hydroxylation is 1. The number of fused-ring (bicyclic) bond motifs is 1. The summed E-state index contributed by atoms with van der Waals surface area (Å²) < 4.78 is 0. The molecule has 0 saturated carbocycles. The summed E-state index contributed by atoms with van der Waals surface area (Å²) >= 11 is 0. The van der Waals surface area contributed by atoms with Crippen LogP contribution < -0.4 is 5.73 Å². The topological polar surface area (TPSA) is 38.9 Å². The summed E-state index contributed by atoms with van der Waals surface area (Å²) in [5.74, 6) is 0. The van der Waals surface area contributed by atoms with Crippen molar-refractivity contribution < 1.29 is 0 Å². The number of hydrogen-bond acceptors (Lipinski definition) is 2. The molecule has 2 nitrogen and oxygen atoms in total. The number of nitrogens with two attached hydrogens (primary N) is 1. The summed E-state index contributed by atoms with van der Waals surface area (Å²) in [6.45, 7) is 2.08. The van der Waals surface area contributed by atoms with Gasteiger partial charge >= 0.3 is 0 Å². The Bertz CT molecular complexity index is 714. The SMILES string of the molecule is Cc1cccc(C(N)c2cncc3ccccc23)c1. The summed E-state index contributed by atoms with van der Waals surface area (Å²) in [4.78, 5) is 4.30. The Hall–Kier alpha value is -2.19. The maximum atomic E-state index is 6.41. The van der Waals surface area contributed by atoms with Gasteiger partial charge in [0.05, 0.1) is 6.04 Å². The van der Waals surface area contributed by atoms with Gasteiger partial charge in [-0.3, -0.25) is 4.98 Å². The van der Waals surface area contributed by atoms with Gasteiger partial charge in [-0.1, -0.05) is 54.1 Å². The molecule has 0 bridgehead atoms. The van der Waals surface area contributed by atoms with E-state index < -0.39 is 0 Å². The lowest BCUT2D eigenvalue weighted by Crippen LogP contribution is -2.12. The molecule has 0 radical (unpaired) electrons. The lowest BCUT2D eigenvalue weighted by Gasteiger charge is -2.15. The highest BCUT2D eigenvalue weighted by molar-refractivity contribution is 5.85. The molecule has 19 heavy (non-hydrogen) atoms. The maximum Gasteiger partial charge on any atom is 0.0573 e. The minimum atomic E-state index is -0.140. The van der Waals surface area contributed by atoms with Crippen LogP contribution in [0.2, 0.25) is 0 Å². The highest BCUT2D eigenvalue weighted by Crippen LogP contribution is 2.26. The fourth-order valence-electron chi connectivity index (χ4n) is 2.43. The molecule has 0 fully saturated rings. The molecule has 3 aromatic rings. The van der Waals surface area contributed by atoms with Crippen LogP contribution in [0.1, 0.15) is 22.7 Å². The molecule has 1 aromatic heterocycles. The Morgan fingerprint density at radius 1 is 1.00 bits per heavy atom. The summed E-state index contributed by atoms with van der Waals surface area (Å²) in [7, 11) is 0. The summed E-state index contributed by atoms with van der Waals surface area (Å²) in [6.07, 6.45) is 3.75. The molecule has 0 amide bonds. The first-order chi connectivity index (χ1) is 9.25. The van der Waals surface area contributed by atoms with Crippen molar-refractivity contribution in [1.29, 1.82) is 0 Å². The van der Waals surface area contributed by atoms with Crippen molar-refractivity contribution in [1.82, 2.24) is 4.98 Å². The van der Waals surface area contributed by atoms with E-state index in [4.69, 9.17) is 5.73 Å². The van der Waals surface area contributed by atoms with Gasteiger partial charge in [0.25, 0.3) is 0 Å². The standard InChI is InChI=1S/C17H16N2/c1-12-5-4-7-13(9-12)17(18)16-11-19-10-14-6-2-3-8-15(14)16/h2-11,17H,18H2,1H3. The number of pyridine rings is 1. The smallest absolute Gasteiger partial charge is 0.0573 e. The lowest BCUT2D eigenvalue weighted by molar-refractivity contribution is 0.872. The molecule has 0 aliphatic heterocycles.